The van der Waals surface area contributed by atoms with E-state index in [0.29, 0.717) is 11.6 Å². The van der Waals surface area contributed by atoms with E-state index in [2.05, 4.69) is 24.1 Å². The molecule has 1 fully saturated rings. The maximum Gasteiger partial charge on any atom is 0.251 e. The predicted molar refractivity (Wildman–Crippen MR) is 107 cm³/mol. The van der Waals surface area contributed by atoms with Crippen LogP contribution in [-0.4, -0.2) is 56.3 Å². The Morgan fingerprint density at radius 1 is 1.07 bits per heavy atom. The lowest BCUT2D eigenvalue weighted by Crippen LogP contribution is -2.43. The number of ether oxygens (including phenoxy) is 2. The fourth-order valence-electron chi connectivity index (χ4n) is 3.50. The molecule has 0 aliphatic carbocycles. The lowest BCUT2D eigenvalue weighted by molar-refractivity contribution is 0.0753. The third-order valence-corrected chi connectivity index (χ3v) is 5.17. The highest BCUT2D eigenvalue weighted by Gasteiger charge is 2.35. The quantitative estimate of drug-likeness (QED) is 0.851. The van der Waals surface area contributed by atoms with Crippen molar-refractivity contribution in [2.45, 2.75) is 32.0 Å². The minimum atomic E-state index is -0.0718. The molecule has 0 saturated carbocycles. The third-order valence-electron chi connectivity index (χ3n) is 5.17. The van der Waals surface area contributed by atoms with E-state index in [0.717, 1.165) is 30.0 Å². The van der Waals surface area contributed by atoms with Gasteiger partial charge in [0.15, 0.2) is 0 Å². The molecule has 2 atom stereocenters. The van der Waals surface area contributed by atoms with Crippen LogP contribution in [0.15, 0.2) is 48.5 Å². The van der Waals surface area contributed by atoms with Crippen LogP contribution < -0.4 is 10.1 Å². The van der Waals surface area contributed by atoms with Gasteiger partial charge in [-0.15, -0.1) is 0 Å². The van der Waals surface area contributed by atoms with E-state index in [1.807, 2.05) is 48.5 Å². The average molecular weight is 368 g/mol. The Kier molecular flexibility index (Phi) is 6.14. The molecular formula is C22H28N2O3. The predicted octanol–water partition coefficient (Wildman–Crippen LogP) is 3.20. The van der Waals surface area contributed by atoms with Crippen LogP contribution in [0.3, 0.4) is 0 Å². The molecule has 0 spiro atoms. The lowest BCUT2D eigenvalue weighted by Gasteiger charge is -2.20. The second-order valence-electron chi connectivity index (χ2n) is 7.21. The topological polar surface area (TPSA) is 50.8 Å². The Balaban J connectivity index is 1.75. The van der Waals surface area contributed by atoms with Gasteiger partial charge in [0.25, 0.3) is 5.91 Å². The highest BCUT2D eigenvalue weighted by Crippen LogP contribution is 2.25. The molecule has 5 nitrogen and oxygen atoms in total. The molecule has 2 aromatic carbocycles. The number of rotatable bonds is 6. The van der Waals surface area contributed by atoms with Gasteiger partial charge >= 0.3 is 0 Å². The third kappa shape index (κ3) is 4.49. The number of carbonyl (C=O) groups is 1. The smallest absolute Gasteiger partial charge is 0.251 e. The summed E-state index contributed by atoms with van der Waals surface area (Å²) in [6, 6.07) is 15.9. The van der Waals surface area contributed by atoms with Crippen molar-refractivity contribution in [1.29, 1.82) is 0 Å². The van der Waals surface area contributed by atoms with Gasteiger partial charge in [-0.2, -0.15) is 0 Å². The molecule has 1 amide bonds. The lowest BCUT2D eigenvalue weighted by atomic mass is 10.0. The van der Waals surface area contributed by atoms with Crippen molar-refractivity contribution < 1.29 is 14.3 Å². The number of amides is 1. The molecule has 1 aliphatic heterocycles. The van der Waals surface area contributed by atoms with Crippen LogP contribution in [0.25, 0.3) is 11.1 Å². The van der Waals surface area contributed by atoms with E-state index >= 15 is 0 Å². The van der Waals surface area contributed by atoms with E-state index in [4.69, 9.17) is 9.47 Å². The Morgan fingerprint density at radius 3 is 2.44 bits per heavy atom. The van der Waals surface area contributed by atoms with Crippen LogP contribution in [0.2, 0.25) is 0 Å². The van der Waals surface area contributed by atoms with Gasteiger partial charge in [0.2, 0.25) is 0 Å². The number of nitrogens with one attached hydrogen (secondary N) is 1. The van der Waals surface area contributed by atoms with Crippen molar-refractivity contribution in [2.75, 3.05) is 27.3 Å². The number of hydrogen-bond acceptors (Lipinski definition) is 4. The summed E-state index contributed by atoms with van der Waals surface area (Å²) in [5, 5.41) is 3.15. The summed E-state index contributed by atoms with van der Waals surface area (Å²) in [5.41, 5.74) is 2.65. The monoisotopic (exact) mass is 368 g/mol. The minimum Gasteiger partial charge on any atom is -0.497 e. The van der Waals surface area contributed by atoms with Crippen molar-refractivity contribution in [3.8, 4) is 16.9 Å². The van der Waals surface area contributed by atoms with Crippen molar-refractivity contribution in [2.24, 2.45) is 0 Å². The number of likely N-dealkylation sites (tertiary alicyclic amines) is 1. The van der Waals surface area contributed by atoms with E-state index in [1.54, 1.807) is 14.2 Å². The Hall–Kier alpha value is -2.37. The zero-order chi connectivity index (χ0) is 19.4. The summed E-state index contributed by atoms with van der Waals surface area (Å²) >= 11 is 0. The van der Waals surface area contributed by atoms with Crippen molar-refractivity contribution >= 4 is 5.91 Å². The zero-order valence-electron chi connectivity index (χ0n) is 16.4. The first-order valence-electron chi connectivity index (χ1n) is 9.34. The van der Waals surface area contributed by atoms with Crippen molar-refractivity contribution in [1.82, 2.24) is 10.2 Å². The van der Waals surface area contributed by atoms with Crippen LogP contribution in [0.5, 0.6) is 5.75 Å². The van der Waals surface area contributed by atoms with Gasteiger partial charge in [0.1, 0.15) is 5.75 Å². The van der Waals surface area contributed by atoms with Crippen molar-refractivity contribution in [3.63, 3.8) is 0 Å². The summed E-state index contributed by atoms with van der Waals surface area (Å²) in [7, 11) is 3.36. The molecule has 5 heteroatoms. The standard InChI is InChI=1S/C22H28N2O3/c1-15(2)24-13-20(21(14-24)27-4)23-22(25)18-9-5-7-16(11-18)17-8-6-10-19(12-17)26-3/h5-12,15,20-21H,13-14H2,1-4H3,(H,23,25)/t20-,21-/m1/s1. The molecule has 1 heterocycles. The molecule has 0 aromatic heterocycles. The molecule has 144 valence electrons. The van der Waals surface area contributed by atoms with Gasteiger partial charge in [-0.3, -0.25) is 9.69 Å². The zero-order valence-corrected chi connectivity index (χ0v) is 16.4. The highest BCUT2D eigenvalue weighted by molar-refractivity contribution is 5.95. The Bertz CT molecular complexity index is 791. The number of nitrogens with zero attached hydrogens (tertiary/aromatic N) is 1. The van der Waals surface area contributed by atoms with Crippen LogP contribution in [0, 0.1) is 0 Å². The summed E-state index contributed by atoms with van der Waals surface area (Å²) in [6.07, 6.45) is 0.0120. The molecular weight excluding hydrogens is 340 g/mol. The van der Waals surface area contributed by atoms with Gasteiger partial charge in [-0.05, 0) is 49.2 Å². The maximum atomic E-state index is 12.8. The fraction of sp³-hybridized carbons (Fsp3) is 0.409. The van der Waals surface area contributed by atoms with E-state index in [9.17, 15) is 4.79 Å². The summed E-state index contributed by atoms with van der Waals surface area (Å²) < 4.78 is 10.9. The molecule has 1 N–H and O–H groups in total. The Labute approximate surface area is 161 Å². The normalized spacial score (nSPS) is 20.0. The molecule has 0 unspecified atom stereocenters. The summed E-state index contributed by atoms with van der Waals surface area (Å²) in [6.45, 7) is 5.96. The average Bonchev–Trinajstić information content (AvgIpc) is 3.11. The van der Waals surface area contributed by atoms with Crippen LogP contribution >= 0.6 is 0 Å². The van der Waals surface area contributed by atoms with Crippen LogP contribution in [0.1, 0.15) is 24.2 Å². The van der Waals surface area contributed by atoms with E-state index in [1.165, 1.54) is 0 Å². The first-order valence-corrected chi connectivity index (χ1v) is 9.34. The molecule has 1 aliphatic rings. The number of hydrogen-bond donors (Lipinski definition) is 1. The highest BCUT2D eigenvalue weighted by atomic mass is 16.5. The van der Waals surface area contributed by atoms with Gasteiger partial charge in [-0.25, -0.2) is 0 Å². The molecule has 0 radical (unpaired) electrons. The van der Waals surface area contributed by atoms with Crippen molar-refractivity contribution in [3.05, 3.63) is 54.1 Å². The minimum absolute atomic E-state index is 0.00891. The van der Waals surface area contributed by atoms with E-state index < -0.39 is 0 Å². The second kappa shape index (κ2) is 8.55. The summed E-state index contributed by atoms with van der Waals surface area (Å²) in [4.78, 5) is 15.2. The van der Waals surface area contributed by atoms with Crippen LogP contribution in [-0.2, 0) is 4.74 Å². The van der Waals surface area contributed by atoms with Gasteiger partial charge in [-0.1, -0.05) is 24.3 Å². The Morgan fingerprint density at radius 2 is 1.78 bits per heavy atom. The SMILES string of the molecule is COc1cccc(-c2cccc(C(=O)N[C@@H]3CN(C(C)C)C[C@H]3OC)c2)c1. The first kappa shape index (κ1) is 19.4. The molecule has 0 bridgehead atoms. The van der Waals surface area contributed by atoms with Gasteiger partial charge in [0, 0.05) is 31.8 Å². The van der Waals surface area contributed by atoms with E-state index in [-0.39, 0.29) is 18.1 Å². The number of benzene rings is 2. The molecule has 27 heavy (non-hydrogen) atoms. The van der Waals surface area contributed by atoms with Gasteiger partial charge < -0.3 is 14.8 Å². The summed E-state index contributed by atoms with van der Waals surface area (Å²) in [5.74, 6) is 0.724. The first-order chi connectivity index (χ1) is 13.0. The van der Waals surface area contributed by atoms with Gasteiger partial charge in [0.05, 0.1) is 19.3 Å². The fourth-order valence-corrected chi connectivity index (χ4v) is 3.50. The largest absolute Gasteiger partial charge is 0.497 e. The van der Waals surface area contributed by atoms with Crippen LogP contribution in [0.4, 0.5) is 0 Å². The number of methoxy groups -OCH3 is 2. The molecule has 2 aromatic rings. The molecule has 1 saturated heterocycles. The second-order valence-corrected chi connectivity index (χ2v) is 7.21. The number of carbonyl (C=O) groups excluding carboxylic acids is 1. The maximum absolute atomic E-state index is 12.8. The molecule has 3 rings (SSSR count).